The molecule has 1 aliphatic carbocycles. The van der Waals surface area contributed by atoms with E-state index >= 15 is 0 Å². The van der Waals surface area contributed by atoms with Gasteiger partial charge in [-0.25, -0.2) is 0 Å². The van der Waals surface area contributed by atoms with Gasteiger partial charge < -0.3 is 10.6 Å². The van der Waals surface area contributed by atoms with E-state index in [0.717, 1.165) is 32.0 Å². The standard InChI is InChI=1S/C18H26N2O/c21-18(20-11-5-8-14-6-1-2-7-14)17-13-19-12-15-9-3-4-10-16(15)17/h3-4,9-10,14,17,19H,1-2,5-8,11-13H2,(H,20,21). The minimum Gasteiger partial charge on any atom is -0.356 e. The quantitative estimate of drug-likeness (QED) is 0.817. The van der Waals surface area contributed by atoms with Crippen LogP contribution in [0.25, 0.3) is 0 Å². The number of rotatable bonds is 5. The lowest BCUT2D eigenvalue weighted by Crippen LogP contribution is -2.39. The van der Waals surface area contributed by atoms with Gasteiger partial charge in [-0.15, -0.1) is 0 Å². The zero-order chi connectivity index (χ0) is 14.5. The summed E-state index contributed by atoms with van der Waals surface area (Å²) in [5, 5.41) is 6.48. The largest absolute Gasteiger partial charge is 0.356 e. The lowest BCUT2D eigenvalue weighted by atomic mass is 9.90. The third-order valence-corrected chi connectivity index (χ3v) is 4.97. The first-order valence-electron chi connectivity index (χ1n) is 8.41. The molecule has 1 aliphatic heterocycles. The van der Waals surface area contributed by atoms with Crippen LogP contribution in [0.15, 0.2) is 24.3 Å². The van der Waals surface area contributed by atoms with Gasteiger partial charge in [-0.3, -0.25) is 4.79 Å². The lowest BCUT2D eigenvalue weighted by molar-refractivity contribution is -0.122. The molecule has 3 nitrogen and oxygen atoms in total. The van der Waals surface area contributed by atoms with Gasteiger partial charge in [0, 0.05) is 19.6 Å². The monoisotopic (exact) mass is 286 g/mol. The summed E-state index contributed by atoms with van der Waals surface area (Å²) in [6.07, 6.45) is 8.00. The van der Waals surface area contributed by atoms with E-state index in [0.29, 0.717) is 0 Å². The van der Waals surface area contributed by atoms with Crippen molar-refractivity contribution in [2.24, 2.45) is 5.92 Å². The first-order valence-corrected chi connectivity index (χ1v) is 8.41. The topological polar surface area (TPSA) is 41.1 Å². The molecule has 0 saturated heterocycles. The first kappa shape index (κ1) is 14.6. The van der Waals surface area contributed by atoms with Crippen LogP contribution < -0.4 is 10.6 Å². The third-order valence-electron chi connectivity index (χ3n) is 4.97. The molecule has 3 heteroatoms. The molecule has 1 atom stereocenters. The van der Waals surface area contributed by atoms with Crippen LogP contribution >= 0.6 is 0 Å². The molecule has 0 spiro atoms. The highest BCUT2D eigenvalue weighted by molar-refractivity contribution is 5.84. The molecule has 1 saturated carbocycles. The normalized spacial score (nSPS) is 22.0. The van der Waals surface area contributed by atoms with Crippen molar-refractivity contribution in [3.63, 3.8) is 0 Å². The molecule has 1 unspecified atom stereocenters. The molecular weight excluding hydrogens is 260 g/mol. The SMILES string of the molecule is O=C(NCCCC1CCCC1)C1CNCc2ccccc21. The van der Waals surface area contributed by atoms with Gasteiger partial charge in [0.2, 0.25) is 5.91 Å². The molecule has 3 rings (SSSR count). The van der Waals surface area contributed by atoms with E-state index in [-0.39, 0.29) is 11.8 Å². The van der Waals surface area contributed by atoms with Crippen LogP contribution in [0.1, 0.15) is 55.6 Å². The fourth-order valence-corrected chi connectivity index (χ4v) is 3.75. The van der Waals surface area contributed by atoms with Crippen LogP contribution in [0, 0.1) is 5.92 Å². The first-order chi connectivity index (χ1) is 10.3. The number of hydrogen-bond donors (Lipinski definition) is 2. The van der Waals surface area contributed by atoms with Crippen LogP contribution in [0.3, 0.4) is 0 Å². The number of nitrogens with one attached hydrogen (secondary N) is 2. The van der Waals surface area contributed by atoms with E-state index in [1.54, 1.807) is 0 Å². The van der Waals surface area contributed by atoms with E-state index in [9.17, 15) is 4.79 Å². The molecule has 0 radical (unpaired) electrons. The van der Waals surface area contributed by atoms with E-state index in [1.165, 1.54) is 43.2 Å². The number of amides is 1. The van der Waals surface area contributed by atoms with Crippen LogP contribution in [-0.2, 0) is 11.3 Å². The molecule has 1 amide bonds. The maximum Gasteiger partial charge on any atom is 0.228 e. The number of fused-ring (bicyclic) bond motifs is 1. The van der Waals surface area contributed by atoms with Crippen LogP contribution in [0.5, 0.6) is 0 Å². The van der Waals surface area contributed by atoms with Gasteiger partial charge in [0.25, 0.3) is 0 Å². The van der Waals surface area contributed by atoms with Crippen molar-refractivity contribution >= 4 is 5.91 Å². The Balaban J connectivity index is 1.47. The van der Waals surface area contributed by atoms with Gasteiger partial charge in [-0.2, -0.15) is 0 Å². The zero-order valence-corrected chi connectivity index (χ0v) is 12.7. The highest BCUT2D eigenvalue weighted by Crippen LogP contribution is 2.28. The van der Waals surface area contributed by atoms with Crippen molar-refractivity contribution in [3.05, 3.63) is 35.4 Å². The average Bonchev–Trinajstić information content (AvgIpc) is 3.04. The molecule has 2 aliphatic rings. The van der Waals surface area contributed by atoms with Crippen molar-refractivity contribution in [1.29, 1.82) is 0 Å². The molecule has 21 heavy (non-hydrogen) atoms. The predicted molar refractivity (Wildman–Crippen MR) is 85.1 cm³/mol. The van der Waals surface area contributed by atoms with Gasteiger partial charge >= 0.3 is 0 Å². The minimum absolute atomic E-state index is 0.0265. The molecular formula is C18H26N2O. The van der Waals surface area contributed by atoms with E-state index in [4.69, 9.17) is 0 Å². The fraction of sp³-hybridized carbons (Fsp3) is 0.611. The summed E-state index contributed by atoms with van der Waals surface area (Å²) < 4.78 is 0. The van der Waals surface area contributed by atoms with E-state index in [1.807, 2.05) is 12.1 Å². The second-order valence-corrected chi connectivity index (χ2v) is 6.47. The predicted octanol–water partition coefficient (Wildman–Crippen LogP) is 2.96. The molecule has 0 bridgehead atoms. The molecule has 1 heterocycles. The molecule has 0 aromatic heterocycles. The van der Waals surface area contributed by atoms with Crippen LogP contribution in [-0.4, -0.2) is 19.0 Å². The molecule has 114 valence electrons. The van der Waals surface area contributed by atoms with Crippen molar-refractivity contribution in [2.75, 3.05) is 13.1 Å². The van der Waals surface area contributed by atoms with Crippen LogP contribution in [0.2, 0.25) is 0 Å². The Hall–Kier alpha value is -1.35. The van der Waals surface area contributed by atoms with Crippen molar-refractivity contribution in [1.82, 2.24) is 10.6 Å². The van der Waals surface area contributed by atoms with Gasteiger partial charge in [-0.05, 0) is 29.9 Å². The summed E-state index contributed by atoms with van der Waals surface area (Å²) in [6, 6.07) is 8.29. The Kier molecular flexibility index (Phi) is 4.91. The molecule has 1 fully saturated rings. The van der Waals surface area contributed by atoms with Gasteiger partial charge in [0.05, 0.1) is 5.92 Å². The maximum absolute atomic E-state index is 12.4. The highest BCUT2D eigenvalue weighted by Gasteiger charge is 2.25. The maximum atomic E-state index is 12.4. The Morgan fingerprint density at radius 3 is 2.90 bits per heavy atom. The molecule has 1 aromatic rings. The van der Waals surface area contributed by atoms with Crippen molar-refractivity contribution < 1.29 is 4.79 Å². The summed E-state index contributed by atoms with van der Waals surface area (Å²) in [7, 11) is 0. The minimum atomic E-state index is -0.0265. The average molecular weight is 286 g/mol. The second kappa shape index (κ2) is 7.08. The van der Waals surface area contributed by atoms with Crippen molar-refractivity contribution in [2.45, 2.75) is 51.0 Å². The fourth-order valence-electron chi connectivity index (χ4n) is 3.75. The second-order valence-electron chi connectivity index (χ2n) is 6.47. The number of hydrogen-bond acceptors (Lipinski definition) is 2. The van der Waals surface area contributed by atoms with Crippen LogP contribution in [0.4, 0.5) is 0 Å². The summed E-state index contributed by atoms with van der Waals surface area (Å²) in [5.74, 6) is 1.07. The Bertz CT molecular complexity index is 480. The van der Waals surface area contributed by atoms with E-state index in [2.05, 4.69) is 22.8 Å². The Labute approximate surface area is 127 Å². The smallest absolute Gasteiger partial charge is 0.228 e. The summed E-state index contributed by atoms with van der Waals surface area (Å²) in [5.41, 5.74) is 2.46. The lowest BCUT2D eigenvalue weighted by Gasteiger charge is -2.25. The van der Waals surface area contributed by atoms with Gasteiger partial charge in [0.1, 0.15) is 0 Å². The number of carbonyl (C=O) groups is 1. The Morgan fingerprint density at radius 2 is 2.05 bits per heavy atom. The summed E-state index contributed by atoms with van der Waals surface area (Å²) >= 11 is 0. The third kappa shape index (κ3) is 3.65. The van der Waals surface area contributed by atoms with E-state index < -0.39 is 0 Å². The number of benzene rings is 1. The van der Waals surface area contributed by atoms with Crippen molar-refractivity contribution in [3.8, 4) is 0 Å². The highest BCUT2D eigenvalue weighted by atomic mass is 16.1. The zero-order valence-electron chi connectivity index (χ0n) is 12.7. The number of carbonyl (C=O) groups excluding carboxylic acids is 1. The molecule has 1 aromatic carbocycles. The summed E-state index contributed by atoms with van der Waals surface area (Å²) in [6.45, 7) is 2.46. The summed E-state index contributed by atoms with van der Waals surface area (Å²) in [4.78, 5) is 12.4. The Morgan fingerprint density at radius 1 is 1.24 bits per heavy atom. The van der Waals surface area contributed by atoms with Gasteiger partial charge in [0.15, 0.2) is 0 Å². The van der Waals surface area contributed by atoms with Gasteiger partial charge in [-0.1, -0.05) is 49.9 Å². The molecule has 2 N–H and O–H groups in total.